The molecular weight excluding hydrogens is 418 g/mol. The van der Waals surface area contributed by atoms with Crippen LogP contribution in [0.25, 0.3) is 11.0 Å². The number of furan rings is 1. The van der Waals surface area contributed by atoms with Crippen molar-refractivity contribution in [3.8, 4) is 11.5 Å². The Morgan fingerprint density at radius 2 is 1.97 bits per heavy atom. The quantitative estimate of drug-likeness (QED) is 0.425. The molecule has 0 radical (unpaired) electrons. The van der Waals surface area contributed by atoms with Gasteiger partial charge >= 0.3 is 0 Å². The third kappa shape index (κ3) is 4.23. The summed E-state index contributed by atoms with van der Waals surface area (Å²) in [5.41, 5.74) is 3.31. The molecule has 3 aromatic carbocycles. The van der Waals surface area contributed by atoms with Crippen molar-refractivity contribution in [1.29, 1.82) is 0 Å². The Labute approximate surface area is 192 Å². The van der Waals surface area contributed by atoms with Crippen molar-refractivity contribution in [2.45, 2.75) is 12.6 Å². The van der Waals surface area contributed by atoms with Gasteiger partial charge in [0.2, 0.25) is 0 Å². The lowest BCUT2D eigenvalue weighted by Crippen LogP contribution is -2.37. The average molecular weight is 443 g/mol. The summed E-state index contributed by atoms with van der Waals surface area (Å²) in [5.74, 6) is 0.576. The summed E-state index contributed by atoms with van der Waals surface area (Å²) < 4.78 is 17.0. The summed E-state index contributed by atoms with van der Waals surface area (Å²) in [7, 11) is 1.57. The lowest BCUT2D eigenvalue weighted by molar-refractivity contribution is -0.0329. The topological polar surface area (TPSA) is 72.1 Å². The number of phenolic OH excluding ortho intramolecular Hbond substituents is 1. The number of methoxy groups -OCH3 is 1. The standard InChI is InChI=1S/C27H25NO5/c1-31-20-9-5-8-19(14-20)27(30)22-17-33-24-11-10-23(29)21(26(22)24)15-28-12-13-32-25(16-28)18-6-3-2-4-7-18/h2-11,14,17,25,29H,12-13,15-16H2,1H3/t25-/m1/s1. The number of carbonyl (C=O) groups excluding carboxylic acids is 1. The third-order valence-electron chi connectivity index (χ3n) is 6.10. The van der Waals surface area contributed by atoms with Crippen molar-refractivity contribution in [1.82, 2.24) is 4.90 Å². The fourth-order valence-electron chi connectivity index (χ4n) is 4.38. The first-order chi connectivity index (χ1) is 16.1. The second kappa shape index (κ2) is 9.10. The van der Waals surface area contributed by atoms with E-state index in [1.165, 1.54) is 6.26 Å². The van der Waals surface area contributed by atoms with Crippen LogP contribution in [0.5, 0.6) is 11.5 Å². The first-order valence-corrected chi connectivity index (χ1v) is 10.9. The second-order valence-electron chi connectivity index (χ2n) is 8.15. The van der Waals surface area contributed by atoms with E-state index in [0.29, 0.717) is 53.1 Å². The maximum absolute atomic E-state index is 13.4. The molecule has 1 aliphatic heterocycles. The summed E-state index contributed by atoms with van der Waals surface area (Å²) in [6, 6.07) is 20.5. The average Bonchev–Trinajstić information content (AvgIpc) is 3.30. The highest BCUT2D eigenvalue weighted by Gasteiger charge is 2.26. The van der Waals surface area contributed by atoms with Crippen LogP contribution in [0.1, 0.15) is 33.2 Å². The normalized spacial score (nSPS) is 16.7. The molecule has 0 saturated carbocycles. The van der Waals surface area contributed by atoms with E-state index in [1.807, 2.05) is 18.2 Å². The fraction of sp³-hybridized carbons (Fsp3) is 0.222. The first-order valence-electron chi connectivity index (χ1n) is 10.9. The van der Waals surface area contributed by atoms with E-state index in [4.69, 9.17) is 13.9 Å². The summed E-state index contributed by atoms with van der Waals surface area (Å²) in [4.78, 5) is 15.6. The molecule has 1 aliphatic rings. The predicted octanol–water partition coefficient (Wildman–Crippen LogP) is 4.95. The van der Waals surface area contributed by atoms with Crippen LogP contribution in [0.2, 0.25) is 0 Å². The zero-order chi connectivity index (χ0) is 22.8. The Hall–Kier alpha value is -3.61. The van der Waals surface area contributed by atoms with Gasteiger partial charge in [-0.25, -0.2) is 0 Å². The molecule has 6 nitrogen and oxygen atoms in total. The SMILES string of the molecule is COc1cccc(C(=O)c2coc3ccc(O)c(CN4CCO[C@@H](c5ccccc5)C4)c23)c1. The largest absolute Gasteiger partial charge is 0.508 e. The minimum atomic E-state index is -0.177. The molecule has 1 saturated heterocycles. The molecule has 1 fully saturated rings. The number of morpholine rings is 1. The van der Waals surface area contributed by atoms with Gasteiger partial charge in [-0.2, -0.15) is 0 Å². The van der Waals surface area contributed by atoms with Crippen molar-refractivity contribution in [3.05, 3.63) is 95.2 Å². The maximum Gasteiger partial charge on any atom is 0.197 e. The van der Waals surface area contributed by atoms with Gasteiger partial charge in [0.05, 0.1) is 25.4 Å². The van der Waals surface area contributed by atoms with Gasteiger partial charge in [0.1, 0.15) is 23.3 Å². The van der Waals surface area contributed by atoms with Crippen LogP contribution >= 0.6 is 0 Å². The van der Waals surface area contributed by atoms with E-state index in [1.54, 1.807) is 43.5 Å². The zero-order valence-corrected chi connectivity index (χ0v) is 18.4. The maximum atomic E-state index is 13.4. The van der Waals surface area contributed by atoms with Gasteiger partial charge < -0.3 is 19.0 Å². The number of carbonyl (C=O) groups is 1. The lowest BCUT2D eigenvalue weighted by Gasteiger charge is -2.33. The number of fused-ring (bicyclic) bond motifs is 1. The van der Waals surface area contributed by atoms with Gasteiger partial charge in [0, 0.05) is 36.1 Å². The fourth-order valence-corrected chi connectivity index (χ4v) is 4.38. The molecule has 2 heterocycles. The van der Waals surface area contributed by atoms with E-state index in [9.17, 15) is 9.90 Å². The molecule has 0 bridgehead atoms. The van der Waals surface area contributed by atoms with Crippen molar-refractivity contribution < 1.29 is 23.8 Å². The number of rotatable bonds is 6. The predicted molar refractivity (Wildman–Crippen MR) is 125 cm³/mol. The Morgan fingerprint density at radius 3 is 2.79 bits per heavy atom. The van der Waals surface area contributed by atoms with Gasteiger partial charge in [-0.1, -0.05) is 42.5 Å². The van der Waals surface area contributed by atoms with Crippen LogP contribution in [-0.2, 0) is 11.3 Å². The first kappa shape index (κ1) is 21.2. The van der Waals surface area contributed by atoms with Gasteiger partial charge in [-0.15, -0.1) is 0 Å². The highest BCUT2D eigenvalue weighted by atomic mass is 16.5. The summed E-state index contributed by atoms with van der Waals surface area (Å²) >= 11 is 0. The molecule has 33 heavy (non-hydrogen) atoms. The molecule has 0 unspecified atom stereocenters. The van der Waals surface area contributed by atoms with E-state index in [-0.39, 0.29) is 17.6 Å². The van der Waals surface area contributed by atoms with Gasteiger partial charge in [0.15, 0.2) is 5.78 Å². The molecule has 0 aliphatic carbocycles. The van der Waals surface area contributed by atoms with Crippen molar-refractivity contribution >= 4 is 16.8 Å². The third-order valence-corrected chi connectivity index (χ3v) is 6.10. The lowest BCUT2D eigenvalue weighted by atomic mass is 9.98. The molecule has 0 spiro atoms. The highest BCUT2D eigenvalue weighted by molar-refractivity contribution is 6.16. The van der Waals surface area contributed by atoms with Gasteiger partial charge in [0.25, 0.3) is 0 Å². The number of aromatic hydroxyl groups is 1. The minimum Gasteiger partial charge on any atom is -0.508 e. The molecule has 6 heteroatoms. The van der Waals surface area contributed by atoms with Crippen molar-refractivity contribution in [2.75, 3.05) is 26.8 Å². The molecule has 1 atom stereocenters. The van der Waals surface area contributed by atoms with E-state index in [2.05, 4.69) is 17.0 Å². The van der Waals surface area contributed by atoms with E-state index < -0.39 is 0 Å². The Bertz CT molecular complexity index is 1280. The molecule has 4 aromatic rings. The molecule has 1 aromatic heterocycles. The Kier molecular flexibility index (Phi) is 5.86. The Balaban J connectivity index is 1.48. The minimum absolute atomic E-state index is 0.0384. The van der Waals surface area contributed by atoms with Crippen LogP contribution in [0.4, 0.5) is 0 Å². The Morgan fingerprint density at radius 1 is 1.12 bits per heavy atom. The molecule has 0 amide bonds. The number of ether oxygens (including phenoxy) is 2. The molecule has 1 N–H and O–H groups in total. The zero-order valence-electron chi connectivity index (χ0n) is 18.4. The van der Waals surface area contributed by atoms with Crippen LogP contribution in [0.3, 0.4) is 0 Å². The smallest absolute Gasteiger partial charge is 0.197 e. The van der Waals surface area contributed by atoms with Crippen molar-refractivity contribution in [3.63, 3.8) is 0 Å². The van der Waals surface area contributed by atoms with Crippen LogP contribution in [0, 0.1) is 0 Å². The monoisotopic (exact) mass is 443 g/mol. The summed E-state index contributed by atoms with van der Waals surface area (Å²) in [6.45, 7) is 2.50. The summed E-state index contributed by atoms with van der Waals surface area (Å²) in [6.07, 6.45) is 1.44. The number of hydrogen-bond acceptors (Lipinski definition) is 6. The number of benzene rings is 3. The van der Waals surface area contributed by atoms with Crippen molar-refractivity contribution in [2.24, 2.45) is 0 Å². The van der Waals surface area contributed by atoms with Gasteiger partial charge in [-0.05, 0) is 29.8 Å². The molecule has 5 rings (SSSR count). The number of phenols is 1. The van der Waals surface area contributed by atoms with E-state index >= 15 is 0 Å². The van der Waals surface area contributed by atoms with Crippen LogP contribution in [0.15, 0.2) is 77.4 Å². The molecular formula is C27H25NO5. The number of ketones is 1. The molecule has 168 valence electrons. The van der Waals surface area contributed by atoms with E-state index in [0.717, 1.165) is 12.1 Å². The summed E-state index contributed by atoms with van der Waals surface area (Å²) in [5, 5.41) is 11.4. The second-order valence-corrected chi connectivity index (χ2v) is 8.15. The number of hydrogen-bond donors (Lipinski definition) is 1. The van der Waals surface area contributed by atoms with Gasteiger partial charge in [-0.3, -0.25) is 9.69 Å². The van der Waals surface area contributed by atoms with Crippen LogP contribution < -0.4 is 4.74 Å². The highest BCUT2D eigenvalue weighted by Crippen LogP contribution is 2.35. The van der Waals surface area contributed by atoms with Crippen LogP contribution in [-0.4, -0.2) is 42.6 Å². The number of nitrogens with zero attached hydrogens (tertiary/aromatic N) is 1.